The van der Waals surface area contributed by atoms with Crippen molar-refractivity contribution in [3.8, 4) is 5.75 Å². The molecule has 1 unspecified atom stereocenters. The highest BCUT2D eigenvalue weighted by Crippen LogP contribution is 2.39. The summed E-state index contributed by atoms with van der Waals surface area (Å²) in [6.45, 7) is 3.70. The molecule has 1 atom stereocenters. The molecule has 2 aromatic rings. The quantitative estimate of drug-likeness (QED) is 0.663. The van der Waals surface area contributed by atoms with Gasteiger partial charge in [0.1, 0.15) is 11.4 Å². The first-order valence-corrected chi connectivity index (χ1v) is 12.5. The monoisotopic (exact) mass is 460 g/mol. The largest absolute Gasteiger partial charge is 0.486 e. The molecule has 2 amide bonds. The number of rotatable bonds is 5. The minimum absolute atomic E-state index is 0.00551. The third-order valence-electron chi connectivity index (χ3n) is 7.52. The summed E-state index contributed by atoms with van der Waals surface area (Å²) in [6.07, 6.45) is 5.22. The lowest BCUT2D eigenvalue weighted by molar-refractivity contribution is -0.139. The van der Waals surface area contributed by atoms with Crippen LogP contribution in [0.1, 0.15) is 61.4 Å². The number of hydrogen-bond acceptors (Lipinski definition) is 4. The van der Waals surface area contributed by atoms with Gasteiger partial charge in [0.25, 0.3) is 0 Å². The van der Waals surface area contributed by atoms with Gasteiger partial charge in [-0.25, -0.2) is 0 Å². The van der Waals surface area contributed by atoms with Crippen LogP contribution in [0.25, 0.3) is 0 Å². The normalized spacial score (nSPS) is 21.5. The average Bonchev–Trinajstić information content (AvgIpc) is 3.24. The Bertz CT molecular complexity index is 1090. The minimum atomic E-state index is -0.529. The lowest BCUT2D eigenvalue weighted by Gasteiger charge is -2.44. The lowest BCUT2D eigenvalue weighted by Crippen LogP contribution is -2.53. The van der Waals surface area contributed by atoms with Gasteiger partial charge in [-0.2, -0.15) is 0 Å². The van der Waals surface area contributed by atoms with Crippen LogP contribution in [0.4, 0.5) is 5.69 Å². The number of hydrogen-bond donors (Lipinski definition) is 0. The number of amides is 2. The first-order valence-electron chi connectivity index (χ1n) is 12.5. The molecule has 2 saturated heterocycles. The van der Waals surface area contributed by atoms with E-state index in [-0.39, 0.29) is 29.9 Å². The van der Waals surface area contributed by atoms with Crippen molar-refractivity contribution in [2.24, 2.45) is 5.92 Å². The van der Waals surface area contributed by atoms with Crippen LogP contribution in [-0.4, -0.2) is 47.7 Å². The first kappa shape index (κ1) is 22.6. The van der Waals surface area contributed by atoms with Crippen LogP contribution in [0.15, 0.2) is 48.5 Å². The van der Waals surface area contributed by atoms with E-state index < -0.39 is 5.60 Å². The Labute approximate surface area is 200 Å². The molecule has 0 N–H and O–H groups in total. The van der Waals surface area contributed by atoms with Crippen molar-refractivity contribution >= 4 is 23.3 Å². The fourth-order valence-electron chi connectivity index (χ4n) is 5.46. The number of fused-ring (bicyclic) bond motifs is 1. The summed E-state index contributed by atoms with van der Waals surface area (Å²) in [5, 5.41) is 0. The van der Waals surface area contributed by atoms with E-state index in [1.165, 1.54) is 5.56 Å². The number of unbranched alkanes of at least 4 members (excludes halogenated alkanes) is 1. The molecule has 0 saturated carbocycles. The van der Waals surface area contributed by atoms with Crippen LogP contribution in [-0.2, 0) is 16.0 Å². The van der Waals surface area contributed by atoms with Crippen molar-refractivity contribution in [1.82, 2.24) is 4.90 Å². The van der Waals surface area contributed by atoms with Crippen molar-refractivity contribution in [1.29, 1.82) is 0 Å². The topological polar surface area (TPSA) is 66.9 Å². The molecular weight excluding hydrogens is 428 g/mol. The highest BCUT2D eigenvalue weighted by molar-refractivity contribution is 6.01. The van der Waals surface area contributed by atoms with Crippen molar-refractivity contribution in [2.45, 2.75) is 57.5 Å². The molecule has 2 fully saturated rings. The number of piperidine rings is 1. The molecule has 5 rings (SSSR count). The molecule has 1 spiro atoms. The molecule has 0 radical (unpaired) electrons. The summed E-state index contributed by atoms with van der Waals surface area (Å²) in [7, 11) is 0. The van der Waals surface area contributed by atoms with Gasteiger partial charge in [-0.3, -0.25) is 14.4 Å². The van der Waals surface area contributed by atoms with Crippen molar-refractivity contribution in [3.05, 3.63) is 59.7 Å². The summed E-state index contributed by atoms with van der Waals surface area (Å²) in [4.78, 5) is 42.3. The Morgan fingerprint density at radius 2 is 1.79 bits per heavy atom. The molecule has 0 aromatic heterocycles. The van der Waals surface area contributed by atoms with Gasteiger partial charge in [0.15, 0.2) is 5.78 Å². The van der Waals surface area contributed by atoms with Gasteiger partial charge in [0, 0.05) is 44.6 Å². The summed E-state index contributed by atoms with van der Waals surface area (Å²) in [5.41, 5.74) is 2.26. The van der Waals surface area contributed by atoms with E-state index in [2.05, 4.69) is 19.1 Å². The highest BCUT2D eigenvalue weighted by Gasteiger charge is 2.45. The van der Waals surface area contributed by atoms with E-state index in [0.717, 1.165) is 24.9 Å². The van der Waals surface area contributed by atoms with Crippen LogP contribution in [0.5, 0.6) is 5.75 Å². The highest BCUT2D eigenvalue weighted by atomic mass is 16.5. The maximum absolute atomic E-state index is 13.3. The molecule has 34 heavy (non-hydrogen) atoms. The van der Waals surface area contributed by atoms with Gasteiger partial charge in [-0.05, 0) is 42.7 Å². The number of Topliss-reactive ketones (excluding diaryl/α,β-unsaturated/α-hetero) is 1. The second kappa shape index (κ2) is 9.24. The number of ketones is 1. The standard InChI is InChI=1S/C28H32N2O4/c1-2-3-6-20-9-11-22(12-10-20)30-19-21(17-26(30)32)27(33)29-15-13-28(14-16-29)18-24(31)23-7-4-5-8-25(23)34-28/h4-5,7-12,21H,2-3,6,13-19H2,1H3. The van der Waals surface area contributed by atoms with Gasteiger partial charge >= 0.3 is 0 Å². The first-order chi connectivity index (χ1) is 16.5. The van der Waals surface area contributed by atoms with E-state index in [9.17, 15) is 14.4 Å². The summed E-state index contributed by atoms with van der Waals surface area (Å²) in [6, 6.07) is 15.6. The van der Waals surface area contributed by atoms with Crippen molar-refractivity contribution < 1.29 is 19.1 Å². The summed E-state index contributed by atoms with van der Waals surface area (Å²) in [5.74, 6) is 0.477. The van der Waals surface area contributed by atoms with Crippen LogP contribution >= 0.6 is 0 Å². The number of benzene rings is 2. The molecule has 2 aromatic carbocycles. The second-order valence-corrected chi connectivity index (χ2v) is 9.88. The summed E-state index contributed by atoms with van der Waals surface area (Å²) >= 11 is 0. The van der Waals surface area contributed by atoms with Gasteiger partial charge in [0.05, 0.1) is 17.9 Å². The maximum Gasteiger partial charge on any atom is 0.228 e. The van der Waals surface area contributed by atoms with E-state index in [1.807, 2.05) is 41.3 Å². The van der Waals surface area contributed by atoms with Crippen LogP contribution < -0.4 is 9.64 Å². The number of carbonyl (C=O) groups excluding carboxylic acids is 3. The predicted octanol–water partition coefficient (Wildman–Crippen LogP) is 4.41. The lowest BCUT2D eigenvalue weighted by atomic mass is 9.82. The number of ether oxygens (including phenoxy) is 1. The Balaban J connectivity index is 1.19. The SMILES string of the molecule is CCCCc1ccc(N2CC(C(=O)N3CCC4(CC3)CC(=O)c3ccccc3O4)CC2=O)cc1. The zero-order chi connectivity index (χ0) is 23.7. The smallest absolute Gasteiger partial charge is 0.228 e. The Morgan fingerprint density at radius 3 is 2.53 bits per heavy atom. The predicted molar refractivity (Wildman–Crippen MR) is 130 cm³/mol. The van der Waals surface area contributed by atoms with Crippen LogP contribution in [0.3, 0.4) is 0 Å². The fraction of sp³-hybridized carbons (Fsp3) is 0.464. The number of anilines is 1. The molecule has 3 aliphatic heterocycles. The van der Waals surface area contributed by atoms with Gasteiger partial charge in [-0.15, -0.1) is 0 Å². The average molecular weight is 461 g/mol. The van der Waals surface area contributed by atoms with E-state index >= 15 is 0 Å². The number of aryl methyl sites for hydroxylation is 1. The Kier molecular flexibility index (Phi) is 6.15. The number of para-hydroxylation sites is 1. The minimum Gasteiger partial charge on any atom is -0.486 e. The molecular formula is C28H32N2O4. The molecule has 0 bridgehead atoms. The third kappa shape index (κ3) is 4.33. The van der Waals surface area contributed by atoms with Gasteiger partial charge in [-0.1, -0.05) is 37.6 Å². The molecule has 6 heteroatoms. The number of likely N-dealkylation sites (tertiary alicyclic amines) is 1. The zero-order valence-corrected chi connectivity index (χ0v) is 19.8. The maximum atomic E-state index is 13.3. The molecule has 3 aliphatic rings. The van der Waals surface area contributed by atoms with Crippen LogP contribution in [0, 0.1) is 5.92 Å². The molecule has 6 nitrogen and oxygen atoms in total. The Hall–Kier alpha value is -3.15. The zero-order valence-electron chi connectivity index (χ0n) is 19.8. The van der Waals surface area contributed by atoms with Gasteiger partial charge < -0.3 is 14.5 Å². The Morgan fingerprint density at radius 1 is 1.06 bits per heavy atom. The number of carbonyl (C=O) groups is 3. The number of nitrogens with zero attached hydrogens (tertiary/aromatic N) is 2. The van der Waals surface area contributed by atoms with Crippen LogP contribution in [0.2, 0.25) is 0 Å². The third-order valence-corrected chi connectivity index (χ3v) is 7.52. The van der Waals surface area contributed by atoms with Gasteiger partial charge in [0.2, 0.25) is 11.8 Å². The van der Waals surface area contributed by atoms with E-state index in [0.29, 0.717) is 50.2 Å². The molecule has 0 aliphatic carbocycles. The van der Waals surface area contributed by atoms with Crippen molar-refractivity contribution in [2.75, 3.05) is 24.5 Å². The van der Waals surface area contributed by atoms with E-state index in [4.69, 9.17) is 4.74 Å². The summed E-state index contributed by atoms with van der Waals surface area (Å²) < 4.78 is 6.29. The second-order valence-electron chi connectivity index (χ2n) is 9.88. The van der Waals surface area contributed by atoms with Crippen molar-refractivity contribution in [3.63, 3.8) is 0 Å². The van der Waals surface area contributed by atoms with E-state index in [1.54, 1.807) is 4.90 Å². The fourth-order valence-corrected chi connectivity index (χ4v) is 5.46. The molecule has 178 valence electrons. The molecule has 3 heterocycles.